The molecule has 0 saturated heterocycles. The van der Waals surface area contributed by atoms with Crippen LogP contribution in [-0.2, 0) is 19.1 Å². The lowest BCUT2D eigenvalue weighted by Gasteiger charge is -2.14. The van der Waals surface area contributed by atoms with Crippen LogP contribution in [0.3, 0.4) is 0 Å². The largest absolute Gasteiger partial charge is 0.466 e. The molecule has 0 aromatic carbocycles. The van der Waals surface area contributed by atoms with Crippen molar-refractivity contribution >= 4 is 11.9 Å². The molecule has 1 atom stereocenters. The molecule has 0 saturated carbocycles. The molecule has 0 heterocycles. The molecule has 0 radical (unpaired) electrons. The Hall–Kier alpha value is -1.06. The number of rotatable bonds is 19. The lowest BCUT2D eigenvalue weighted by atomic mass is 10.0. The van der Waals surface area contributed by atoms with Gasteiger partial charge in [-0.05, 0) is 12.8 Å². The molecule has 0 bridgehead atoms. The minimum absolute atomic E-state index is 0.429. The van der Waals surface area contributed by atoms with Crippen LogP contribution in [0, 0.1) is 0 Å². The van der Waals surface area contributed by atoms with E-state index < -0.39 is 18.0 Å². The molecule has 0 rings (SSSR count). The van der Waals surface area contributed by atoms with E-state index in [9.17, 15) is 9.59 Å². The second-order valence-corrected chi connectivity index (χ2v) is 7.71. The second-order valence-electron chi connectivity index (χ2n) is 7.71. The fraction of sp³-hybridized carbons (Fsp3) is 0.913. The van der Waals surface area contributed by atoms with E-state index in [2.05, 4.69) is 11.7 Å². The van der Waals surface area contributed by atoms with Gasteiger partial charge in [-0.25, -0.2) is 4.79 Å². The third-order valence-corrected chi connectivity index (χ3v) is 5.09. The Morgan fingerprint density at radius 3 is 1.37 bits per heavy atom. The molecule has 4 heteroatoms. The van der Waals surface area contributed by atoms with Crippen LogP contribution in [0.25, 0.3) is 0 Å². The second kappa shape index (κ2) is 19.7. The molecule has 4 nitrogen and oxygen atoms in total. The van der Waals surface area contributed by atoms with Crippen LogP contribution in [0.15, 0.2) is 0 Å². The average molecular weight is 385 g/mol. The summed E-state index contributed by atoms with van der Waals surface area (Å²) in [5.74, 6) is -0.881. The van der Waals surface area contributed by atoms with Gasteiger partial charge in [0.25, 0.3) is 0 Å². The van der Waals surface area contributed by atoms with Crippen molar-refractivity contribution in [2.75, 3.05) is 7.11 Å². The summed E-state index contributed by atoms with van der Waals surface area (Å²) in [6.07, 6.45) is 20.9. The molecule has 160 valence electrons. The maximum Gasteiger partial charge on any atom is 0.347 e. The smallest absolute Gasteiger partial charge is 0.347 e. The fourth-order valence-electron chi connectivity index (χ4n) is 3.43. The lowest BCUT2D eigenvalue weighted by molar-refractivity contribution is -0.165. The van der Waals surface area contributed by atoms with E-state index in [1.54, 1.807) is 0 Å². The van der Waals surface area contributed by atoms with Crippen LogP contribution in [0.2, 0.25) is 0 Å². The van der Waals surface area contributed by atoms with E-state index in [-0.39, 0.29) is 0 Å². The maximum absolute atomic E-state index is 11.5. The Morgan fingerprint density at radius 2 is 1.04 bits per heavy atom. The highest BCUT2D eigenvalue weighted by molar-refractivity contribution is 5.78. The molecule has 0 spiro atoms. The Balaban J connectivity index is 3.34. The van der Waals surface area contributed by atoms with Gasteiger partial charge in [-0.2, -0.15) is 0 Å². The molecule has 27 heavy (non-hydrogen) atoms. The summed E-state index contributed by atoms with van der Waals surface area (Å²) < 4.78 is 9.69. The summed E-state index contributed by atoms with van der Waals surface area (Å²) in [5, 5.41) is 0. The van der Waals surface area contributed by atoms with Gasteiger partial charge in [0.1, 0.15) is 0 Å². The van der Waals surface area contributed by atoms with Crippen LogP contribution < -0.4 is 0 Å². The summed E-state index contributed by atoms with van der Waals surface area (Å²) in [6, 6.07) is 0. The number of esters is 2. The van der Waals surface area contributed by atoms with E-state index in [0.29, 0.717) is 6.42 Å². The number of ether oxygens (including phenoxy) is 2. The first-order chi connectivity index (χ1) is 13.1. The van der Waals surface area contributed by atoms with Crippen LogP contribution in [0.4, 0.5) is 0 Å². The van der Waals surface area contributed by atoms with Crippen molar-refractivity contribution in [2.24, 2.45) is 0 Å². The summed E-state index contributed by atoms with van der Waals surface area (Å²) in [4.78, 5) is 22.6. The number of hydrogen-bond donors (Lipinski definition) is 0. The topological polar surface area (TPSA) is 52.6 Å². The van der Waals surface area contributed by atoms with Crippen molar-refractivity contribution in [3.8, 4) is 0 Å². The minimum atomic E-state index is -0.737. The van der Waals surface area contributed by atoms with E-state index >= 15 is 0 Å². The zero-order chi connectivity index (χ0) is 20.2. The van der Waals surface area contributed by atoms with Crippen LogP contribution >= 0.6 is 0 Å². The molecule has 0 amide bonds. The van der Waals surface area contributed by atoms with E-state index in [1.807, 2.05) is 0 Å². The van der Waals surface area contributed by atoms with Gasteiger partial charge in [0, 0.05) is 6.92 Å². The highest BCUT2D eigenvalue weighted by atomic mass is 16.6. The van der Waals surface area contributed by atoms with Crippen molar-refractivity contribution in [2.45, 2.75) is 129 Å². The molecule has 0 N–H and O–H groups in total. The summed E-state index contributed by atoms with van der Waals surface area (Å²) >= 11 is 0. The molecule has 0 aliphatic rings. The molecule has 0 aliphatic carbocycles. The molecular weight excluding hydrogens is 340 g/mol. The number of unbranched alkanes of at least 4 members (excludes halogenated alkanes) is 15. The highest BCUT2D eigenvalue weighted by Crippen LogP contribution is 2.15. The Kier molecular flexibility index (Phi) is 18.9. The predicted octanol–water partition coefficient (Wildman–Crippen LogP) is 6.74. The van der Waals surface area contributed by atoms with Gasteiger partial charge in [-0.1, -0.05) is 103 Å². The maximum atomic E-state index is 11.5. The minimum Gasteiger partial charge on any atom is -0.466 e. The first-order valence-corrected chi connectivity index (χ1v) is 11.4. The molecule has 0 unspecified atom stereocenters. The first kappa shape index (κ1) is 25.9. The van der Waals surface area contributed by atoms with Crippen molar-refractivity contribution in [1.82, 2.24) is 0 Å². The van der Waals surface area contributed by atoms with Gasteiger partial charge in [0.15, 0.2) is 6.10 Å². The Labute approximate surface area is 167 Å². The first-order valence-electron chi connectivity index (χ1n) is 11.4. The molecule has 0 fully saturated rings. The fourth-order valence-corrected chi connectivity index (χ4v) is 3.43. The summed E-state index contributed by atoms with van der Waals surface area (Å²) in [6.45, 7) is 3.59. The average Bonchev–Trinajstić information content (AvgIpc) is 2.65. The number of methoxy groups -OCH3 is 1. The van der Waals surface area contributed by atoms with Crippen molar-refractivity contribution in [3.05, 3.63) is 0 Å². The van der Waals surface area contributed by atoms with Crippen LogP contribution in [0.5, 0.6) is 0 Å². The van der Waals surface area contributed by atoms with Gasteiger partial charge < -0.3 is 9.47 Å². The van der Waals surface area contributed by atoms with E-state index in [0.717, 1.165) is 12.8 Å². The van der Waals surface area contributed by atoms with Gasteiger partial charge >= 0.3 is 11.9 Å². The predicted molar refractivity (Wildman–Crippen MR) is 112 cm³/mol. The molecule has 0 aromatic heterocycles. The van der Waals surface area contributed by atoms with Crippen LogP contribution in [-0.4, -0.2) is 25.2 Å². The molecule has 0 aromatic rings. The van der Waals surface area contributed by atoms with Crippen molar-refractivity contribution in [1.29, 1.82) is 0 Å². The Morgan fingerprint density at radius 1 is 0.667 bits per heavy atom. The zero-order valence-corrected chi connectivity index (χ0v) is 18.2. The van der Waals surface area contributed by atoms with Gasteiger partial charge in [0.05, 0.1) is 7.11 Å². The SMILES string of the molecule is CCCCCCCCCCCCCCCCCC[C@@H](OC(C)=O)C(=O)OC. The third kappa shape index (κ3) is 18.1. The lowest BCUT2D eigenvalue weighted by Crippen LogP contribution is -2.27. The van der Waals surface area contributed by atoms with Gasteiger partial charge in [0.2, 0.25) is 0 Å². The quantitative estimate of drug-likeness (QED) is 0.183. The zero-order valence-electron chi connectivity index (χ0n) is 18.2. The normalized spacial score (nSPS) is 12.0. The third-order valence-electron chi connectivity index (χ3n) is 5.09. The standard InChI is InChI=1S/C23H44O4/c1-4-5-6-7-8-9-10-11-12-13-14-15-16-17-18-19-20-22(23(25)26-3)27-21(2)24/h22H,4-20H2,1-3H3/t22-/m1/s1. The molecule has 0 aliphatic heterocycles. The monoisotopic (exact) mass is 384 g/mol. The van der Waals surface area contributed by atoms with Crippen LogP contribution in [0.1, 0.15) is 123 Å². The molecular formula is C23H44O4. The number of carbonyl (C=O) groups is 2. The van der Waals surface area contributed by atoms with E-state index in [1.165, 1.54) is 104 Å². The number of carbonyl (C=O) groups excluding carboxylic acids is 2. The highest BCUT2D eigenvalue weighted by Gasteiger charge is 2.21. The van der Waals surface area contributed by atoms with E-state index in [4.69, 9.17) is 4.74 Å². The van der Waals surface area contributed by atoms with Crippen molar-refractivity contribution < 1.29 is 19.1 Å². The van der Waals surface area contributed by atoms with Crippen molar-refractivity contribution in [3.63, 3.8) is 0 Å². The number of hydrogen-bond acceptors (Lipinski definition) is 4. The Bertz CT molecular complexity index is 354. The summed E-state index contributed by atoms with van der Waals surface area (Å²) in [5.41, 5.74) is 0. The summed E-state index contributed by atoms with van der Waals surface area (Å²) in [7, 11) is 1.33. The van der Waals surface area contributed by atoms with Gasteiger partial charge in [-0.15, -0.1) is 0 Å². The van der Waals surface area contributed by atoms with Gasteiger partial charge in [-0.3, -0.25) is 4.79 Å².